The van der Waals surface area contributed by atoms with E-state index in [-0.39, 0.29) is 43.9 Å². The van der Waals surface area contributed by atoms with Crippen LogP contribution in [0.25, 0.3) is 10.8 Å². The minimum absolute atomic E-state index is 0.00161. The number of carbonyl (C=O) groups is 4. The molecule has 2 aliphatic carbocycles. The number of nitrogens with one attached hydrogen (secondary N) is 3. The maximum Gasteiger partial charge on any atom is 0.408 e. The third-order valence-electron chi connectivity index (χ3n) is 10.4. The van der Waals surface area contributed by atoms with Crippen LogP contribution in [0, 0.1) is 17.8 Å². The van der Waals surface area contributed by atoms with Gasteiger partial charge in [0.2, 0.25) is 34.5 Å². The van der Waals surface area contributed by atoms with Crippen molar-refractivity contribution >= 4 is 56.4 Å². The number of hydrogen-bond donors (Lipinski definition) is 3. The molecular weight excluding hydrogens is 739 g/mol. The highest BCUT2D eigenvalue weighted by molar-refractivity contribution is 7.98. The molecular formula is C37H49N5O10S2. The van der Waals surface area contributed by atoms with Gasteiger partial charge in [0.1, 0.15) is 29.3 Å². The molecule has 0 spiro atoms. The van der Waals surface area contributed by atoms with Gasteiger partial charge in [-0.05, 0) is 70.3 Å². The van der Waals surface area contributed by atoms with Crippen molar-refractivity contribution in [2.75, 3.05) is 19.6 Å². The number of pyridine rings is 1. The maximum absolute atomic E-state index is 14.6. The standard InChI is InChI=1S/C37H49N5O10S2/c1-9-21-16-37(21,34(45)41-54(47,48)23-10-11-23)40-31(43)26-14-22(17-42(26)33(44)28(20(4)19(2)3)39-35(46)52-36(5,6)7)51-32-25-15-27(53-8)30-29(49-18-50-30)24(25)12-13-38-32/h9,12-13,15,19-23,26,28H,1,10-11,14,16-18H2,2-8H3,(H,39,46)(H,40,43)(H,41,45)/t20?,21?,22-,26+,28+,37-/m1/s1. The highest BCUT2D eigenvalue weighted by Gasteiger charge is 2.62. The Morgan fingerprint density at radius 2 is 1.83 bits per heavy atom. The van der Waals surface area contributed by atoms with E-state index in [0.717, 1.165) is 10.3 Å². The molecule has 2 aliphatic heterocycles. The van der Waals surface area contributed by atoms with Crippen molar-refractivity contribution in [2.24, 2.45) is 17.8 Å². The molecule has 3 fully saturated rings. The second-order valence-corrected chi connectivity index (χ2v) is 18.6. The van der Waals surface area contributed by atoms with E-state index in [1.165, 1.54) is 22.7 Å². The van der Waals surface area contributed by atoms with Gasteiger partial charge in [0.15, 0.2) is 11.5 Å². The first kappa shape index (κ1) is 39.4. The lowest BCUT2D eigenvalue weighted by molar-refractivity contribution is -0.142. The molecule has 2 unspecified atom stereocenters. The molecule has 3 N–H and O–H groups in total. The Labute approximate surface area is 319 Å². The van der Waals surface area contributed by atoms with Gasteiger partial charge >= 0.3 is 6.09 Å². The number of thioether (sulfide) groups is 1. The Morgan fingerprint density at radius 1 is 1.13 bits per heavy atom. The minimum atomic E-state index is -3.91. The summed E-state index contributed by atoms with van der Waals surface area (Å²) in [5.74, 6) is -1.60. The number of aromatic nitrogens is 1. The summed E-state index contributed by atoms with van der Waals surface area (Å²) in [5, 5.41) is 6.26. The highest BCUT2D eigenvalue weighted by atomic mass is 32.2. The van der Waals surface area contributed by atoms with E-state index in [9.17, 15) is 27.6 Å². The molecule has 0 bridgehead atoms. The van der Waals surface area contributed by atoms with E-state index in [2.05, 4.69) is 26.9 Å². The summed E-state index contributed by atoms with van der Waals surface area (Å²) in [6.07, 6.45) is 4.49. The Bertz CT molecular complexity index is 1960. The lowest BCUT2D eigenvalue weighted by Crippen LogP contribution is -2.59. The van der Waals surface area contributed by atoms with Crippen LogP contribution in [-0.2, 0) is 29.1 Å². The van der Waals surface area contributed by atoms with Gasteiger partial charge in [-0.1, -0.05) is 26.8 Å². The summed E-state index contributed by atoms with van der Waals surface area (Å²) in [6, 6.07) is 1.43. The number of fused-ring (bicyclic) bond motifs is 3. The quantitative estimate of drug-likeness (QED) is 0.196. The number of likely N-dealkylation sites (tertiary alicyclic amines) is 1. The van der Waals surface area contributed by atoms with E-state index < -0.39 is 74.3 Å². The molecule has 1 aromatic carbocycles. The lowest BCUT2D eigenvalue weighted by Gasteiger charge is -2.33. The van der Waals surface area contributed by atoms with Crippen LogP contribution in [0.5, 0.6) is 17.4 Å². The second-order valence-electron chi connectivity index (χ2n) is 15.7. The van der Waals surface area contributed by atoms with Crippen LogP contribution in [0.4, 0.5) is 4.79 Å². The number of sulfonamides is 1. The second kappa shape index (κ2) is 14.8. The average Bonchev–Trinajstić information content (AvgIpc) is 3.98. The molecule has 1 aromatic heterocycles. The van der Waals surface area contributed by atoms with Crippen molar-refractivity contribution in [2.45, 2.75) is 107 Å². The number of amides is 4. The summed E-state index contributed by atoms with van der Waals surface area (Å²) >= 11 is 1.47. The molecule has 6 atom stereocenters. The maximum atomic E-state index is 14.6. The smallest absolute Gasteiger partial charge is 0.408 e. The Balaban J connectivity index is 1.32. The molecule has 2 aromatic rings. The van der Waals surface area contributed by atoms with Crippen LogP contribution in [0.2, 0.25) is 0 Å². The van der Waals surface area contributed by atoms with Crippen molar-refractivity contribution in [3.8, 4) is 17.4 Å². The largest absolute Gasteiger partial charge is 0.472 e. The minimum Gasteiger partial charge on any atom is -0.472 e. The van der Waals surface area contributed by atoms with Crippen LogP contribution < -0.4 is 29.6 Å². The third kappa shape index (κ3) is 7.93. The molecule has 1 saturated heterocycles. The van der Waals surface area contributed by atoms with E-state index in [4.69, 9.17) is 18.9 Å². The lowest BCUT2D eigenvalue weighted by atomic mass is 9.89. The number of hydrogen-bond acceptors (Lipinski definition) is 12. The zero-order valence-corrected chi connectivity index (χ0v) is 33.2. The first-order valence-corrected chi connectivity index (χ1v) is 20.9. The van der Waals surface area contributed by atoms with Crippen molar-refractivity contribution in [1.29, 1.82) is 0 Å². The molecule has 4 aliphatic rings. The van der Waals surface area contributed by atoms with Gasteiger partial charge in [-0.3, -0.25) is 19.1 Å². The van der Waals surface area contributed by atoms with Crippen molar-refractivity contribution in [1.82, 2.24) is 25.2 Å². The van der Waals surface area contributed by atoms with Gasteiger partial charge < -0.3 is 34.5 Å². The summed E-state index contributed by atoms with van der Waals surface area (Å²) in [5.41, 5.74) is -2.40. The first-order chi connectivity index (χ1) is 25.4. The number of ether oxygens (including phenoxy) is 4. The number of nitrogens with zero attached hydrogens (tertiary/aromatic N) is 2. The molecule has 294 valence electrons. The number of carbonyl (C=O) groups excluding carboxylic acids is 4. The fourth-order valence-electron chi connectivity index (χ4n) is 6.86. The number of benzene rings is 1. The average molecular weight is 788 g/mol. The molecule has 17 heteroatoms. The van der Waals surface area contributed by atoms with E-state index in [1.54, 1.807) is 33.0 Å². The molecule has 6 rings (SSSR count). The highest BCUT2D eigenvalue weighted by Crippen LogP contribution is 2.48. The van der Waals surface area contributed by atoms with Crippen molar-refractivity contribution < 1.29 is 46.5 Å². The van der Waals surface area contributed by atoms with Crippen LogP contribution in [-0.4, -0.2) is 96.3 Å². The fourth-order valence-corrected chi connectivity index (χ4v) is 8.80. The zero-order chi connectivity index (χ0) is 39.3. The van der Waals surface area contributed by atoms with Crippen LogP contribution in [0.3, 0.4) is 0 Å². The molecule has 15 nitrogen and oxygen atoms in total. The van der Waals surface area contributed by atoms with E-state index in [1.807, 2.05) is 33.1 Å². The van der Waals surface area contributed by atoms with Gasteiger partial charge in [0.05, 0.1) is 16.7 Å². The molecule has 54 heavy (non-hydrogen) atoms. The number of alkyl carbamates (subject to hydrolysis) is 1. The predicted octanol–water partition coefficient (Wildman–Crippen LogP) is 3.89. The van der Waals surface area contributed by atoms with Crippen LogP contribution >= 0.6 is 11.8 Å². The van der Waals surface area contributed by atoms with E-state index in [0.29, 0.717) is 29.7 Å². The Morgan fingerprint density at radius 3 is 2.44 bits per heavy atom. The first-order valence-electron chi connectivity index (χ1n) is 18.1. The van der Waals surface area contributed by atoms with Crippen molar-refractivity contribution in [3.05, 3.63) is 31.0 Å². The van der Waals surface area contributed by atoms with Crippen molar-refractivity contribution in [3.63, 3.8) is 0 Å². The van der Waals surface area contributed by atoms with Gasteiger partial charge in [0.25, 0.3) is 5.91 Å². The molecule has 4 amide bonds. The Kier molecular flexibility index (Phi) is 10.8. The predicted molar refractivity (Wildman–Crippen MR) is 201 cm³/mol. The normalized spacial score (nSPS) is 24.4. The monoisotopic (exact) mass is 787 g/mol. The summed E-state index contributed by atoms with van der Waals surface area (Å²) in [4.78, 5) is 62.3. The third-order valence-corrected chi connectivity index (χ3v) is 13.0. The zero-order valence-electron chi connectivity index (χ0n) is 31.6. The van der Waals surface area contributed by atoms with Crippen LogP contribution in [0.1, 0.15) is 67.2 Å². The van der Waals surface area contributed by atoms with Gasteiger partial charge in [0, 0.05) is 29.3 Å². The summed E-state index contributed by atoms with van der Waals surface area (Å²) in [7, 11) is -3.91. The van der Waals surface area contributed by atoms with Gasteiger partial charge in [-0.2, -0.15) is 0 Å². The molecule has 0 radical (unpaired) electrons. The van der Waals surface area contributed by atoms with Gasteiger partial charge in [-0.15, -0.1) is 18.3 Å². The molecule has 2 saturated carbocycles. The Hall–Kier alpha value is -4.25. The summed E-state index contributed by atoms with van der Waals surface area (Å²) in [6.45, 7) is 14.6. The van der Waals surface area contributed by atoms with Crippen LogP contribution in [0.15, 0.2) is 35.9 Å². The van der Waals surface area contributed by atoms with Gasteiger partial charge in [-0.25, -0.2) is 18.2 Å². The molecule has 3 heterocycles. The summed E-state index contributed by atoms with van der Waals surface area (Å²) < 4.78 is 51.1. The fraction of sp³-hybridized carbons (Fsp3) is 0.595. The van der Waals surface area contributed by atoms with E-state index >= 15 is 0 Å². The number of rotatable bonds is 13. The topological polar surface area (TPSA) is 192 Å². The SMILES string of the molecule is C=CC1C[C@]1(NC(=O)[C@@H]1C[C@@H](Oc2nccc3c4c(c(SC)cc23)OCO4)CN1C(=O)[C@@H](NC(=O)OC(C)(C)C)C(C)C(C)C)C(=O)NS(=O)(=O)C1CC1.